The Kier molecular flexibility index (Phi) is 5.81. The van der Waals surface area contributed by atoms with Crippen molar-refractivity contribution in [3.05, 3.63) is 75.8 Å². The van der Waals surface area contributed by atoms with Crippen LogP contribution in [-0.2, 0) is 5.41 Å². The van der Waals surface area contributed by atoms with Crippen molar-refractivity contribution in [3.8, 4) is 0 Å². The highest BCUT2D eigenvalue weighted by Crippen LogP contribution is 2.22. The molecule has 0 spiro atoms. The van der Waals surface area contributed by atoms with Crippen molar-refractivity contribution in [2.75, 3.05) is 0 Å². The number of nitrogens with zero attached hydrogens (tertiary/aromatic N) is 1. The van der Waals surface area contributed by atoms with E-state index in [-0.39, 0.29) is 11.1 Å². The Morgan fingerprint density at radius 3 is 1.82 bits per heavy atom. The maximum absolute atomic E-state index is 10.6. The van der Waals surface area contributed by atoms with Crippen LogP contribution in [0.15, 0.2) is 54.6 Å². The molecule has 0 aliphatic rings. The van der Waals surface area contributed by atoms with Crippen LogP contribution >= 0.6 is 0 Å². The molecule has 0 bridgehead atoms. The van der Waals surface area contributed by atoms with Gasteiger partial charge in [-0.15, -0.1) is 0 Å². The second kappa shape index (κ2) is 7.36. The minimum Gasteiger partial charge on any atom is -0.478 e. The minimum absolute atomic E-state index is 0.0804. The smallest absolute Gasteiger partial charge is 0.335 e. The third-order valence-corrected chi connectivity index (χ3v) is 2.96. The van der Waals surface area contributed by atoms with E-state index in [1.807, 2.05) is 12.1 Å². The SMILES string of the molecule is CC(C)(C)c1ccc(C(=O)O)cc1.O=[N+]([O-])c1ccccc1. The van der Waals surface area contributed by atoms with Gasteiger partial charge in [-0.25, -0.2) is 4.79 Å². The van der Waals surface area contributed by atoms with Crippen LogP contribution in [0.3, 0.4) is 0 Å². The van der Waals surface area contributed by atoms with Gasteiger partial charge in [-0.2, -0.15) is 0 Å². The van der Waals surface area contributed by atoms with Gasteiger partial charge in [0.25, 0.3) is 5.69 Å². The highest BCUT2D eigenvalue weighted by Gasteiger charge is 2.13. The number of para-hydroxylation sites is 1. The average molecular weight is 301 g/mol. The van der Waals surface area contributed by atoms with Gasteiger partial charge < -0.3 is 5.11 Å². The summed E-state index contributed by atoms with van der Waals surface area (Å²) in [5.74, 6) is -0.875. The lowest BCUT2D eigenvalue weighted by molar-refractivity contribution is -0.384. The maximum Gasteiger partial charge on any atom is 0.335 e. The quantitative estimate of drug-likeness (QED) is 0.663. The Labute approximate surface area is 129 Å². The summed E-state index contributed by atoms with van der Waals surface area (Å²) in [6, 6.07) is 14.9. The molecule has 22 heavy (non-hydrogen) atoms. The second-order valence-electron chi connectivity index (χ2n) is 5.73. The zero-order chi connectivity index (χ0) is 16.8. The number of hydrogen-bond donors (Lipinski definition) is 1. The Morgan fingerprint density at radius 1 is 1.00 bits per heavy atom. The van der Waals surface area contributed by atoms with Gasteiger partial charge in [0.15, 0.2) is 0 Å². The molecule has 0 saturated heterocycles. The van der Waals surface area contributed by atoms with E-state index in [9.17, 15) is 14.9 Å². The molecule has 0 amide bonds. The number of carbonyl (C=O) groups is 1. The predicted molar refractivity (Wildman–Crippen MR) is 85.2 cm³/mol. The van der Waals surface area contributed by atoms with Gasteiger partial charge in [-0.1, -0.05) is 51.1 Å². The van der Waals surface area contributed by atoms with Crippen LogP contribution in [0.4, 0.5) is 5.69 Å². The molecule has 0 heterocycles. The number of benzene rings is 2. The van der Waals surface area contributed by atoms with Crippen LogP contribution in [0.1, 0.15) is 36.7 Å². The number of non-ortho nitro benzene ring substituents is 1. The Bertz CT molecular complexity index is 628. The fourth-order valence-corrected chi connectivity index (χ4v) is 1.66. The molecular weight excluding hydrogens is 282 g/mol. The van der Waals surface area contributed by atoms with Gasteiger partial charge in [-0.05, 0) is 23.1 Å². The number of nitro benzene ring substituents is 1. The van der Waals surface area contributed by atoms with Crippen molar-refractivity contribution in [2.45, 2.75) is 26.2 Å². The van der Waals surface area contributed by atoms with Crippen molar-refractivity contribution in [2.24, 2.45) is 0 Å². The first-order valence-electron chi connectivity index (χ1n) is 6.75. The molecule has 5 nitrogen and oxygen atoms in total. The second-order valence-corrected chi connectivity index (χ2v) is 5.73. The van der Waals surface area contributed by atoms with Crippen LogP contribution < -0.4 is 0 Å². The molecule has 0 radical (unpaired) electrons. The van der Waals surface area contributed by atoms with Gasteiger partial charge >= 0.3 is 5.97 Å². The molecule has 0 aromatic heterocycles. The van der Waals surface area contributed by atoms with Gasteiger partial charge in [0.05, 0.1) is 10.5 Å². The third kappa shape index (κ3) is 5.36. The van der Waals surface area contributed by atoms with Crippen molar-refractivity contribution in [3.63, 3.8) is 0 Å². The molecule has 2 aromatic carbocycles. The first kappa shape index (κ1) is 17.4. The molecule has 0 aliphatic carbocycles. The lowest BCUT2D eigenvalue weighted by atomic mass is 9.87. The lowest BCUT2D eigenvalue weighted by Gasteiger charge is -2.18. The summed E-state index contributed by atoms with van der Waals surface area (Å²) in [6.45, 7) is 6.30. The van der Waals surface area contributed by atoms with Crippen LogP contribution in [0, 0.1) is 10.1 Å². The molecule has 0 saturated carbocycles. The summed E-state index contributed by atoms with van der Waals surface area (Å²) in [6.07, 6.45) is 0. The summed E-state index contributed by atoms with van der Waals surface area (Å²) in [7, 11) is 0. The zero-order valence-electron chi connectivity index (χ0n) is 12.8. The summed E-state index contributed by atoms with van der Waals surface area (Å²) in [5, 5.41) is 18.7. The molecule has 5 heteroatoms. The van der Waals surface area contributed by atoms with E-state index < -0.39 is 10.9 Å². The summed E-state index contributed by atoms with van der Waals surface area (Å²) >= 11 is 0. The Hall–Kier alpha value is -2.69. The normalized spacial score (nSPS) is 10.3. The van der Waals surface area contributed by atoms with Crippen molar-refractivity contribution < 1.29 is 14.8 Å². The third-order valence-electron chi connectivity index (χ3n) is 2.96. The average Bonchev–Trinajstić information content (AvgIpc) is 2.48. The lowest BCUT2D eigenvalue weighted by Crippen LogP contribution is -2.11. The summed E-state index contributed by atoms with van der Waals surface area (Å²) < 4.78 is 0. The van der Waals surface area contributed by atoms with E-state index in [0.29, 0.717) is 5.56 Å². The van der Waals surface area contributed by atoms with Crippen LogP contribution in [0.25, 0.3) is 0 Å². The van der Waals surface area contributed by atoms with Gasteiger partial charge in [0.1, 0.15) is 0 Å². The van der Waals surface area contributed by atoms with E-state index in [2.05, 4.69) is 20.8 Å². The van der Waals surface area contributed by atoms with Crippen LogP contribution in [0.5, 0.6) is 0 Å². The molecular formula is C17H19NO4. The van der Waals surface area contributed by atoms with Crippen LogP contribution in [-0.4, -0.2) is 16.0 Å². The maximum atomic E-state index is 10.6. The molecule has 116 valence electrons. The van der Waals surface area contributed by atoms with E-state index in [1.165, 1.54) is 12.1 Å². The number of aromatic carboxylic acids is 1. The number of hydrogen-bond acceptors (Lipinski definition) is 3. The number of carboxylic acid groups (broad SMARTS) is 1. The van der Waals surface area contributed by atoms with Crippen molar-refractivity contribution in [1.29, 1.82) is 0 Å². The molecule has 0 unspecified atom stereocenters. The predicted octanol–water partition coefficient (Wildman–Crippen LogP) is 4.28. The molecule has 0 fully saturated rings. The van der Waals surface area contributed by atoms with E-state index in [4.69, 9.17) is 5.11 Å². The van der Waals surface area contributed by atoms with E-state index in [1.54, 1.807) is 30.3 Å². The minimum atomic E-state index is -0.875. The first-order chi connectivity index (χ1) is 10.2. The van der Waals surface area contributed by atoms with Crippen molar-refractivity contribution >= 4 is 11.7 Å². The van der Waals surface area contributed by atoms with Crippen molar-refractivity contribution in [1.82, 2.24) is 0 Å². The highest BCUT2D eigenvalue weighted by molar-refractivity contribution is 5.87. The topological polar surface area (TPSA) is 80.4 Å². The molecule has 0 atom stereocenters. The summed E-state index contributed by atoms with van der Waals surface area (Å²) in [5.41, 5.74) is 1.71. The highest BCUT2D eigenvalue weighted by atomic mass is 16.6. The molecule has 2 rings (SSSR count). The zero-order valence-corrected chi connectivity index (χ0v) is 12.8. The molecule has 0 aliphatic heterocycles. The first-order valence-corrected chi connectivity index (χ1v) is 6.75. The van der Waals surface area contributed by atoms with Crippen LogP contribution in [0.2, 0.25) is 0 Å². The number of rotatable bonds is 2. The fourth-order valence-electron chi connectivity index (χ4n) is 1.66. The Morgan fingerprint density at radius 2 is 1.50 bits per heavy atom. The Balaban J connectivity index is 0.000000235. The van der Waals surface area contributed by atoms with E-state index >= 15 is 0 Å². The molecule has 1 N–H and O–H groups in total. The largest absolute Gasteiger partial charge is 0.478 e. The number of carboxylic acids is 1. The van der Waals surface area contributed by atoms with Gasteiger partial charge in [0, 0.05) is 12.1 Å². The van der Waals surface area contributed by atoms with Gasteiger partial charge in [-0.3, -0.25) is 10.1 Å². The van der Waals surface area contributed by atoms with E-state index in [0.717, 1.165) is 5.56 Å². The summed E-state index contributed by atoms with van der Waals surface area (Å²) in [4.78, 5) is 20.2. The number of nitro groups is 1. The van der Waals surface area contributed by atoms with Gasteiger partial charge in [0.2, 0.25) is 0 Å². The standard InChI is InChI=1S/C11H14O2.C6H5NO2/c1-11(2,3)9-6-4-8(5-7-9)10(12)13;8-7(9)6-4-2-1-3-5-6/h4-7H,1-3H3,(H,12,13);1-5H. The fraction of sp³-hybridized carbons (Fsp3) is 0.235. The monoisotopic (exact) mass is 301 g/mol. The molecule has 2 aromatic rings.